The minimum Gasteiger partial charge on any atom is -0.481 e. The maximum Gasteiger partial charge on any atom is 0.303 e. The fraction of sp³-hybridized carbons (Fsp3) is 0.300. The number of hydrogen-bond acceptors (Lipinski definition) is 1. The van der Waals surface area contributed by atoms with E-state index < -0.39 is 41.3 Å². The van der Waals surface area contributed by atoms with Gasteiger partial charge in [-0.2, -0.15) is 0 Å². The molecule has 15 heavy (non-hydrogen) atoms. The molecule has 1 rings (SSSR count). The summed E-state index contributed by atoms with van der Waals surface area (Å²) in [5.41, 5.74) is -0.516. The van der Waals surface area contributed by atoms with Crippen LogP contribution in [-0.4, -0.2) is 11.1 Å². The second kappa shape index (κ2) is 4.33. The maximum absolute atomic E-state index is 13.2. The van der Waals surface area contributed by atoms with Crippen molar-refractivity contribution in [3.63, 3.8) is 0 Å². The molecule has 5 heteroatoms. The molecule has 2 nitrogen and oxygen atoms in total. The van der Waals surface area contributed by atoms with Gasteiger partial charge in [0.2, 0.25) is 0 Å². The van der Waals surface area contributed by atoms with Crippen molar-refractivity contribution in [2.24, 2.45) is 0 Å². The monoisotopic (exact) mass is 218 g/mol. The first-order valence-electron chi connectivity index (χ1n) is 4.28. The van der Waals surface area contributed by atoms with Crippen LogP contribution < -0.4 is 0 Å². The Hall–Kier alpha value is -1.52. The lowest BCUT2D eigenvalue weighted by Gasteiger charge is -2.11. The number of carbonyl (C=O) groups is 1. The van der Waals surface area contributed by atoms with Crippen LogP contribution in [0.1, 0.15) is 24.8 Å². The highest BCUT2D eigenvalue weighted by Crippen LogP contribution is 2.26. The fourth-order valence-electron chi connectivity index (χ4n) is 1.36. The Morgan fingerprint density at radius 1 is 1.33 bits per heavy atom. The van der Waals surface area contributed by atoms with Gasteiger partial charge in [-0.1, -0.05) is 6.92 Å². The third-order valence-electron chi connectivity index (χ3n) is 2.05. The van der Waals surface area contributed by atoms with Crippen LogP contribution in [0.15, 0.2) is 12.1 Å². The Balaban J connectivity index is 3.12. The Morgan fingerprint density at radius 2 is 1.87 bits per heavy atom. The quantitative estimate of drug-likeness (QED) is 0.792. The normalized spacial score (nSPS) is 12.5. The standard InChI is InChI=1S/C10H9F3O2/c1-5(4-8(14)15)9-6(11)2-3-7(12)10(9)13/h2-3,5H,4H2,1H3,(H,14,15)/t5-/m0/s1. The van der Waals surface area contributed by atoms with Crippen LogP contribution in [0.2, 0.25) is 0 Å². The van der Waals surface area contributed by atoms with Gasteiger partial charge in [0, 0.05) is 5.56 Å². The smallest absolute Gasteiger partial charge is 0.303 e. The molecular weight excluding hydrogens is 209 g/mol. The van der Waals surface area contributed by atoms with Crippen LogP contribution >= 0.6 is 0 Å². The molecular formula is C10H9F3O2. The SMILES string of the molecule is C[C@@H](CC(=O)O)c1c(F)ccc(F)c1F. The number of rotatable bonds is 3. The number of halogens is 3. The summed E-state index contributed by atoms with van der Waals surface area (Å²) in [6, 6.07) is 1.45. The molecule has 0 saturated heterocycles. The highest BCUT2D eigenvalue weighted by atomic mass is 19.2. The van der Waals surface area contributed by atoms with Gasteiger partial charge in [0.05, 0.1) is 6.42 Å². The summed E-state index contributed by atoms with van der Waals surface area (Å²) in [5.74, 6) is -5.51. The molecule has 0 spiro atoms. The zero-order valence-corrected chi connectivity index (χ0v) is 7.93. The molecule has 82 valence electrons. The van der Waals surface area contributed by atoms with Gasteiger partial charge < -0.3 is 5.11 Å². The lowest BCUT2D eigenvalue weighted by Crippen LogP contribution is -2.08. The van der Waals surface area contributed by atoms with Crippen LogP contribution in [0.5, 0.6) is 0 Å². The number of aliphatic carboxylic acids is 1. The maximum atomic E-state index is 13.2. The summed E-state index contributed by atoms with van der Waals surface area (Å²) in [7, 11) is 0. The summed E-state index contributed by atoms with van der Waals surface area (Å²) in [5, 5.41) is 8.46. The van der Waals surface area contributed by atoms with Crippen molar-refractivity contribution >= 4 is 5.97 Å². The van der Waals surface area contributed by atoms with E-state index in [2.05, 4.69) is 0 Å². The van der Waals surface area contributed by atoms with E-state index in [4.69, 9.17) is 5.11 Å². The summed E-state index contributed by atoms with van der Waals surface area (Å²) in [4.78, 5) is 10.4. The average Bonchev–Trinajstić information content (AvgIpc) is 2.11. The van der Waals surface area contributed by atoms with Crippen molar-refractivity contribution in [3.05, 3.63) is 35.1 Å². The van der Waals surface area contributed by atoms with E-state index in [1.165, 1.54) is 6.92 Å². The van der Waals surface area contributed by atoms with E-state index >= 15 is 0 Å². The molecule has 0 bridgehead atoms. The number of carboxylic acids is 1. The third-order valence-corrected chi connectivity index (χ3v) is 2.05. The van der Waals surface area contributed by atoms with Crippen molar-refractivity contribution in [2.75, 3.05) is 0 Å². The van der Waals surface area contributed by atoms with Crippen molar-refractivity contribution in [3.8, 4) is 0 Å². The van der Waals surface area contributed by atoms with Crippen molar-refractivity contribution in [1.29, 1.82) is 0 Å². The first kappa shape index (κ1) is 11.6. The summed E-state index contributed by atoms with van der Waals surface area (Å²) >= 11 is 0. The van der Waals surface area contributed by atoms with E-state index in [9.17, 15) is 18.0 Å². The van der Waals surface area contributed by atoms with Gasteiger partial charge in [-0.15, -0.1) is 0 Å². The minimum atomic E-state index is -1.32. The Bertz CT molecular complexity index is 390. The minimum absolute atomic E-state index is 0.447. The average molecular weight is 218 g/mol. The number of carboxylic acid groups (broad SMARTS) is 1. The number of benzene rings is 1. The second-order valence-corrected chi connectivity index (χ2v) is 3.26. The van der Waals surface area contributed by atoms with Crippen LogP contribution in [0.3, 0.4) is 0 Å². The second-order valence-electron chi connectivity index (χ2n) is 3.26. The van der Waals surface area contributed by atoms with Gasteiger partial charge in [-0.05, 0) is 18.1 Å². The Morgan fingerprint density at radius 3 is 2.40 bits per heavy atom. The summed E-state index contributed by atoms with van der Waals surface area (Å²) in [6.07, 6.45) is -0.447. The van der Waals surface area contributed by atoms with Gasteiger partial charge in [0.15, 0.2) is 11.6 Å². The van der Waals surface area contributed by atoms with E-state index in [-0.39, 0.29) is 0 Å². The molecule has 0 aliphatic heterocycles. The van der Waals surface area contributed by atoms with Crippen LogP contribution in [0.4, 0.5) is 13.2 Å². The molecule has 0 fully saturated rings. The summed E-state index contributed by atoms with van der Waals surface area (Å²) < 4.78 is 39.1. The Kier molecular flexibility index (Phi) is 3.34. The largest absolute Gasteiger partial charge is 0.481 e. The highest BCUT2D eigenvalue weighted by molar-refractivity contribution is 5.68. The van der Waals surface area contributed by atoms with Crippen LogP contribution in [-0.2, 0) is 4.79 Å². The molecule has 0 aliphatic carbocycles. The van der Waals surface area contributed by atoms with Crippen LogP contribution in [0, 0.1) is 17.5 Å². The molecule has 0 aliphatic rings. The predicted molar refractivity (Wildman–Crippen MR) is 47.0 cm³/mol. The molecule has 0 aromatic heterocycles. The van der Waals surface area contributed by atoms with Crippen LogP contribution in [0.25, 0.3) is 0 Å². The molecule has 1 aromatic rings. The zero-order valence-electron chi connectivity index (χ0n) is 7.93. The topological polar surface area (TPSA) is 37.3 Å². The molecule has 1 atom stereocenters. The molecule has 0 amide bonds. The molecule has 1 N–H and O–H groups in total. The molecule has 0 saturated carbocycles. The van der Waals surface area contributed by atoms with E-state index in [1.54, 1.807) is 0 Å². The molecule has 0 unspecified atom stereocenters. The predicted octanol–water partition coefficient (Wildman–Crippen LogP) is 2.68. The van der Waals surface area contributed by atoms with Crippen molar-refractivity contribution in [2.45, 2.75) is 19.3 Å². The van der Waals surface area contributed by atoms with Crippen molar-refractivity contribution in [1.82, 2.24) is 0 Å². The van der Waals surface area contributed by atoms with E-state index in [0.717, 1.165) is 6.07 Å². The third kappa shape index (κ3) is 2.49. The van der Waals surface area contributed by atoms with E-state index in [1.807, 2.05) is 0 Å². The number of hydrogen-bond donors (Lipinski definition) is 1. The first-order valence-corrected chi connectivity index (χ1v) is 4.28. The molecule has 1 aromatic carbocycles. The first-order chi connectivity index (χ1) is 6.93. The molecule has 0 heterocycles. The molecule has 0 radical (unpaired) electrons. The zero-order chi connectivity index (χ0) is 11.6. The highest BCUT2D eigenvalue weighted by Gasteiger charge is 2.21. The van der Waals surface area contributed by atoms with Gasteiger partial charge in [0.25, 0.3) is 0 Å². The van der Waals surface area contributed by atoms with E-state index in [0.29, 0.717) is 6.07 Å². The van der Waals surface area contributed by atoms with Gasteiger partial charge in [-0.25, -0.2) is 13.2 Å². The Labute approximate surface area is 84.3 Å². The lowest BCUT2D eigenvalue weighted by atomic mass is 9.96. The lowest BCUT2D eigenvalue weighted by molar-refractivity contribution is -0.137. The summed E-state index contributed by atoms with van der Waals surface area (Å²) in [6.45, 7) is 1.33. The fourth-order valence-corrected chi connectivity index (χ4v) is 1.36. The van der Waals surface area contributed by atoms with Gasteiger partial charge >= 0.3 is 5.97 Å². The van der Waals surface area contributed by atoms with Crippen molar-refractivity contribution < 1.29 is 23.1 Å². The van der Waals surface area contributed by atoms with Gasteiger partial charge in [0.1, 0.15) is 5.82 Å². The van der Waals surface area contributed by atoms with Gasteiger partial charge in [-0.3, -0.25) is 4.79 Å².